The quantitative estimate of drug-likeness (QED) is 0.217. The van der Waals surface area contributed by atoms with Crippen LogP contribution in [0, 0.1) is 0 Å². The molecule has 0 aliphatic rings. The lowest BCUT2D eigenvalue weighted by Crippen LogP contribution is -2.26. The number of rotatable bonds is 9. The highest BCUT2D eigenvalue weighted by molar-refractivity contribution is 6.47. The molecule has 0 heterocycles. The number of hydrogen-bond acceptors (Lipinski definition) is 7. The minimum absolute atomic E-state index is 0.268. The molecule has 11 heteroatoms. The average molecular weight is 541 g/mol. The van der Waals surface area contributed by atoms with E-state index in [1.165, 1.54) is 30.4 Å². The van der Waals surface area contributed by atoms with Gasteiger partial charge in [0.25, 0.3) is 0 Å². The zero-order chi connectivity index (χ0) is 28.4. The van der Waals surface area contributed by atoms with Crippen molar-refractivity contribution in [2.75, 3.05) is 25.7 Å². The molecule has 39 heavy (non-hydrogen) atoms. The molecule has 0 unspecified atom stereocenters. The van der Waals surface area contributed by atoms with Gasteiger partial charge in [-0.2, -0.15) is 23.4 Å². The van der Waals surface area contributed by atoms with E-state index >= 15 is 0 Å². The van der Waals surface area contributed by atoms with E-state index in [4.69, 9.17) is 14.3 Å². The van der Waals surface area contributed by atoms with Crippen molar-refractivity contribution in [1.29, 1.82) is 0 Å². The predicted octanol–water partition coefficient (Wildman–Crippen LogP) is 6.94. The highest BCUT2D eigenvalue weighted by atomic mass is 19.4. The molecular formula is C28H27F3N4O4. The normalized spacial score (nSPS) is 12.4. The highest BCUT2D eigenvalue weighted by Crippen LogP contribution is 2.31. The van der Waals surface area contributed by atoms with Crippen molar-refractivity contribution in [2.45, 2.75) is 20.0 Å². The van der Waals surface area contributed by atoms with Gasteiger partial charge >= 0.3 is 12.3 Å². The number of methoxy groups -OCH3 is 1. The maximum Gasteiger partial charge on any atom is 0.416 e. The van der Waals surface area contributed by atoms with E-state index in [9.17, 15) is 18.0 Å². The number of benzene rings is 3. The Bertz CT molecular complexity index is 1350. The molecular weight excluding hydrogens is 513 g/mol. The molecule has 0 fully saturated rings. The van der Waals surface area contributed by atoms with Crippen LogP contribution < -0.4 is 9.64 Å². The number of alkyl halides is 3. The van der Waals surface area contributed by atoms with E-state index < -0.39 is 17.8 Å². The van der Waals surface area contributed by atoms with Crippen LogP contribution in [0.1, 0.15) is 30.5 Å². The van der Waals surface area contributed by atoms with Gasteiger partial charge in [-0.1, -0.05) is 23.4 Å². The second-order valence-electron chi connectivity index (χ2n) is 8.02. The SMILES string of the molecule is CCO\N=C(/C(C)=N/N=C/c1ccccc1N(C)C(=O)OC)c1ccc(Oc2ccc(C(F)(F)F)cc2)cc1. The lowest BCUT2D eigenvalue weighted by atomic mass is 10.1. The Labute approximate surface area is 224 Å². The van der Waals surface area contributed by atoms with E-state index in [0.29, 0.717) is 40.6 Å². The van der Waals surface area contributed by atoms with E-state index in [2.05, 4.69) is 15.4 Å². The lowest BCUT2D eigenvalue weighted by molar-refractivity contribution is -0.137. The number of amides is 1. The predicted molar refractivity (Wildman–Crippen MR) is 144 cm³/mol. The molecule has 3 aromatic carbocycles. The highest BCUT2D eigenvalue weighted by Gasteiger charge is 2.30. The lowest BCUT2D eigenvalue weighted by Gasteiger charge is -2.17. The van der Waals surface area contributed by atoms with Crippen LogP contribution in [-0.2, 0) is 15.8 Å². The minimum Gasteiger partial charge on any atom is -0.457 e. The summed E-state index contributed by atoms with van der Waals surface area (Å²) < 4.78 is 48.8. The Hall–Kier alpha value is -4.67. The Kier molecular flexibility index (Phi) is 9.80. The number of hydrogen-bond donors (Lipinski definition) is 0. The number of nitrogens with zero attached hydrogens (tertiary/aromatic N) is 4. The summed E-state index contributed by atoms with van der Waals surface area (Å²) in [7, 11) is 2.89. The summed E-state index contributed by atoms with van der Waals surface area (Å²) in [6.45, 7) is 3.85. The fourth-order valence-corrected chi connectivity index (χ4v) is 3.35. The first-order chi connectivity index (χ1) is 18.6. The van der Waals surface area contributed by atoms with Crippen molar-refractivity contribution in [1.82, 2.24) is 0 Å². The second-order valence-corrected chi connectivity index (χ2v) is 8.02. The van der Waals surface area contributed by atoms with Gasteiger partial charge in [-0.25, -0.2) is 4.79 Å². The number of para-hydroxylation sites is 1. The molecule has 0 saturated carbocycles. The molecule has 0 spiro atoms. The first-order valence-electron chi connectivity index (χ1n) is 11.8. The topological polar surface area (TPSA) is 85.1 Å². The van der Waals surface area contributed by atoms with Crippen LogP contribution in [0.3, 0.4) is 0 Å². The number of ether oxygens (including phenoxy) is 2. The smallest absolute Gasteiger partial charge is 0.416 e. The van der Waals surface area contributed by atoms with Crippen molar-refractivity contribution < 1.29 is 32.3 Å². The van der Waals surface area contributed by atoms with Crippen LogP contribution in [0.4, 0.5) is 23.7 Å². The van der Waals surface area contributed by atoms with E-state index in [0.717, 1.165) is 12.1 Å². The van der Waals surface area contributed by atoms with Gasteiger partial charge in [0.1, 0.15) is 23.8 Å². The molecule has 0 saturated heterocycles. The first kappa shape index (κ1) is 28.9. The van der Waals surface area contributed by atoms with E-state index in [1.807, 2.05) is 6.07 Å². The third-order valence-corrected chi connectivity index (χ3v) is 5.32. The Morgan fingerprint density at radius 2 is 1.59 bits per heavy atom. The number of oxime groups is 1. The molecule has 204 valence electrons. The van der Waals surface area contributed by atoms with E-state index in [-0.39, 0.29) is 5.75 Å². The summed E-state index contributed by atoms with van der Waals surface area (Å²) in [4.78, 5) is 18.5. The zero-order valence-electron chi connectivity index (χ0n) is 21.8. The van der Waals surface area contributed by atoms with Gasteiger partial charge in [0.15, 0.2) is 0 Å². The Morgan fingerprint density at radius 3 is 2.18 bits per heavy atom. The standard InChI is InChI=1S/C28H27F3N4O4/c1-5-38-34-26(19(2)33-32-18-21-8-6-7-9-25(21)35(3)27(36)37-4)20-10-14-23(15-11-20)39-24-16-12-22(13-17-24)28(29,30)31/h6-18H,5H2,1-4H3/b32-18+,33-19+,34-26+. The molecule has 0 bridgehead atoms. The first-order valence-corrected chi connectivity index (χ1v) is 11.8. The van der Waals surface area contributed by atoms with Crippen molar-refractivity contribution in [3.05, 3.63) is 89.5 Å². The van der Waals surface area contributed by atoms with Gasteiger partial charge in [0, 0.05) is 18.2 Å². The van der Waals surface area contributed by atoms with Crippen LogP contribution in [0.15, 0.2) is 88.2 Å². The summed E-state index contributed by atoms with van der Waals surface area (Å²) in [6.07, 6.45) is -3.42. The van der Waals surface area contributed by atoms with Gasteiger partial charge in [0.05, 0.1) is 30.3 Å². The fraction of sp³-hybridized carbons (Fsp3) is 0.214. The summed E-state index contributed by atoms with van der Waals surface area (Å²) in [5.41, 5.74) is 2.02. The summed E-state index contributed by atoms with van der Waals surface area (Å²) in [5.74, 6) is 0.692. The molecule has 0 atom stereocenters. The molecule has 0 aliphatic heterocycles. The van der Waals surface area contributed by atoms with Crippen molar-refractivity contribution in [3.63, 3.8) is 0 Å². The zero-order valence-corrected chi connectivity index (χ0v) is 21.8. The van der Waals surface area contributed by atoms with Gasteiger partial charge in [-0.15, -0.1) is 0 Å². The minimum atomic E-state index is -4.41. The molecule has 0 radical (unpaired) electrons. The number of anilines is 1. The maximum atomic E-state index is 12.8. The van der Waals surface area contributed by atoms with E-state index in [1.54, 1.807) is 63.4 Å². The van der Waals surface area contributed by atoms with Crippen molar-refractivity contribution in [3.8, 4) is 11.5 Å². The van der Waals surface area contributed by atoms with Gasteiger partial charge in [0.2, 0.25) is 0 Å². The average Bonchev–Trinajstić information content (AvgIpc) is 2.93. The van der Waals surface area contributed by atoms with Crippen LogP contribution >= 0.6 is 0 Å². The van der Waals surface area contributed by atoms with Crippen LogP contribution in [0.2, 0.25) is 0 Å². The third-order valence-electron chi connectivity index (χ3n) is 5.32. The maximum absolute atomic E-state index is 12.8. The van der Waals surface area contributed by atoms with Crippen LogP contribution in [-0.4, -0.2) is 44.5 Å². The Morgan fingerprint density at radius 1 is 0.974 bits per heavy atom. The van der Waals surface area contributed by atoms with Crippen molar-refractivity contribution in [2.24, 2.45) is 15.4 Å². The van der Waals surface area contributed by atoms with Crippen molar-refractivity contribution >= 4 is 29.4 Å². The molecule has 0 aliphatic carbocycles. The fourth-order valence-electron chi connectivity index (χ4n) is 3.35. The van der Waals surface area contributed by atoms with Crippen LogP contribution in [0.25, 0.3) is 0 Å². The van der Waals surface area contributed by atoms with Gasteiger partial charge in [-0.3, -0.25) is 4.90 Å². The molecule has 1 amide bonds. The summed E-state index contributed by atoms with van der Waals surface area (Å²) >= 11 is 0. The van der Waals surface area contributed by atoms with Crippen LogP contribution in [0.5, 0.6) is 11.5 Å². The molecule has 0 N–H and O–H groups in total. The molecule has 8 nitrogen and oxygen atoms in total. The Balaban J connectivity index is 1.79. The monoisotopic (exact) mass is 540 g/mol. The van der Waals surface area contributed by atoms with Gasteiger partial charge in [-0.05, 0) is 68.4 Å². The summed E-state index contributed by atoms with van der Waals surface area (Å²) in [6, 6.07) is 18.3. The number of carbonyl (C=O) groups is 1. The molecule has 3 aromatic rings. The summed E-state index contributed by atoms with van der Waals surface area (Å²) in [5, 5.41) is 12.6. The van der Waals surface area contributed by atoms with Gasteiger partial charge < -0.3 is 14.3 Å². The second kappa shape index (κ2) is 13.2. The third kappa shape index (κ3) is 7.91. The molecule has 3 rings (SSSR count). The number of halogens is 3. The number of carbonyl (C=O) groups excluding carboxylic acids is 1. The largest absolute Gasteiger partial charge is 0.457 e. The molecule has 0 aromatic heterocycles.